The maximum Gasteiger partial charge on any atom is 0.291 e. The summed E-state index contributed by atoms with van der Waals surface area (Å²) in [5.74, 6) is 2.40. The van der Waals surface area contributed by atoms with E-state index in [9.17, 15) is 14.3 Å². The molecular formula is C13H14FN3O3. The maximum absolute atomic E-state index is 13.2. The molecule has 1 unspecified atom stereocenters. The molecule has 0 aliphatic rings. The number of terminal acetylenes is 1. The fourth-order valence-corrected chi connectivity index (χ4v) is 1.95. The second-order valence-corrected chi connectivity index (χ2v) is 4.35. The van der Waals surface area contributed by atoms with E-state index in [1.165, 1.54) is 7.11 Å². The van der Waals surface area contributed by atoms with E-state index >= 15 is 0 Å². The Morgan fingerprint density at radius 1 is 1.70 bits per heavy atom. The van der Waals surface area contributed by atoms with Crippen molar-refractivity contribution in [1.82, 2.24) is 14.5 Å². The van der Waals surface area contributed by atoms with Gasteiger partial charge in [0.25, 0.3) is 11.6 Å². The van der Waals surface area contributed by atoms with Crippen LogP contribution in [0.3, 0.4) is 0 Å². The van der Waals surface area contributed by atoms with Gasteiger partial charge in [-0.25, -0.2) is 0 Å². The maximum atomic E-state index is 13.2. The Labute approximate surface area is 114 Å². The highest BCUT2D eigenvalue weighted by Crippen LogP contribution is 2.17. The second-order valence-electron chi connectivity index (χ2n) is 4.35. The quantitative estimate of drug-likeness (QED) is 0.608. The third-order valence-corrected chi connectivity index (χ3v) is 3.27. The molecule has 6 nitrogen and oxygen atoms in total. The number of fused-ring (bicyclic) bond motifs is 1. The second kappa shape index (κ2) is 5.45. The Morgan fingerprint density at radius 3 is 3.05 bits per heavy atom. The molecule has 2 aromatic heterocycles. The van der Waals surface area contributed by atoms with Crippen LogP contribution in [0, 0.1) is 18.4 Å². The zero-order chi connectivity index (χ0) is 14.8. The molecule has 0 spiro atoms. The number of ether oxygens (including phenoxy) is 1. The van der Waals surface area contributed by atoms with E-state index in [4.69, 9.17) is 11.2 Å². The summed E-state index contributed by atoms with van der Waals surface area (Å²) < 4.78 is 19.9. The molecule has 2 heterocycles. The third-order valence-electron chi connectivity index (χ3n) is 3.27. The number of methoxy groups -OCH3 is 1. The lowest BCUT2D eigenvalue weighted by atomic mass is 10.0. The van der Waals surface area contributed by atoms with Crippen molar-refractivity contribution in [3.8, 4) is 12.3 Å². The number of aliphatic hydroxyl groups excluding tert-OH is 1. The molecule has 20 heavy (non-hydrogen) atoms. The minimum atomic E-state index is -1.10. The van der Waals surface area contributed by atoms with Crippen LogP contribution in [0.25, 0.3) is 11.0 Å². The zero-order valence-electron chi connectivity index (χ0n) is 10.9. The first-order valence-electron chi connectivity index (χ1n) is 5.93. The van der Waals surface area contributed by atoms with Crippen molar-refractivity contribution in [3.63, 3.8) is 0 Å². The van der Waals surface area contributed by atoms with Crippen molar-refractivity contribution in [2.45, 2.75) is 18.6 Å². The van der Waals surface area contributed by atoms with Crippen LogP contribution >= 0.6 is 0 Å². The highest BCUT2D eigenvalue weighted by atomic mass is 19.1. The molecule has 0 fully saturated rings. The van der Waals surface area contributed by atoms with Gasteiger partial charge in [0, 0.05) is 26.3 Å². The fourth-order valence-electron chi connectivity index (χ4n) is 1.95. The van der Waals surface area contributed by atoms with Crippen molar-refractivity contribution >= 4 is 11.0 Å². The molecule has 2 rings (SSSR count). The number of rotatable bonds is 5. The molecule has 106 valence electrons. The van der Waals surface area contributed by atoms with Crippen LogP contribution in [0.5, 0.6) is 0 Å². The highest BCUT2D eigenvalue weighted by Gasteiger charge is 2.26. The number of aryl methyl sites for hydroxylation is 1. The van der Waals surface area contributed by atoms with E-state index in [-0.39, 0.29) is 12.3 Å². The lowest BCUT2D eigenvalue weighted by Crippen LogP contribution is -2.35. The summed E-state index contributed by atoms with van der Waals surface area (Å²) in [5.41, 5.74) is -1.41. The molecule has 0 saturated carbocycles. The average molecular weight is 279 g/mol. The molecule has 0 aliphatic carbocycles. The van der Waals surface area contributed by atoms with E-state index in [2.05, 4.69) is 10.9 Å². The molecule has 0 aromatic carbocycles. The number of halogens is 1. The number of H-pyrrole nitrogens is 1. The van der Waals surface area contributed by atoms with E-state index in [1.807, 2.05) is 4.98 Å². The van der Waals surface area contributed by atoms with Crippen LogP contribution in [0.15, 0.2) is 17.1 Å². The van der Waals surface area contributed by atoms with Gasteiger partial charge in [0.2, 0.25) is 0 Å². The van der Waals surface area contributed by atoms with Gasteiger partial charge >= 0.3 is 0 Å². The molecule has 0 saturated heterocycles. The van der Waals surface area contributed by atoms with Gasteiger partial charge in [0.05, 0.1) is 12.0 Å². The van der Waals surface area contributed by atoms with Crippen LogP contribution in [0.4, 0.5) is 4.39 Å². The van der Waals surface area contributed by atoms with Gasteiger partial charge < -0.3 is 14.4 Å². The summed E-state index contributed by atoms with van der Waals surface area (Å²) in [4.78, 5) is 17.2. The molecule has 2 N–H and O–H groups in total. The molecule has 2 aromatic rings. The normalized spacial score (nSPS) is 14.1. The first-order valence-corrected chi connectivity index (χ1v) is 5.93. The molecule has 1 atom stereocenters. The van der Waals surface area contributed by atoms with Crippen molar-refractivity contribution < 1.29 is 14.2 Å². The van der Waals surface area contributed by atoms with Gasteiger partial charge in [0.1, 0.15) is 5.65 Å². The van der Waals surface area contributed by atoms with E-state index in [0.717, 1.165) is 0 Å². The topological polar surface area (TPSA) is 80.1 Å². The standard InChI is InChI=1S/C13H14FN3O3/c1-3-13(8-18,20-2)5-7-17-6-4-9-10(17)15-12(14)16-11(9)19/h1,4,6,18H,5,7-8H2,2H3,(H,15,16,19). The highest BCUT2D eigenvalue weighted by molar-refractivity contribution is 5.74. The average Bonchev–Trinajstić information content (AvgIpc) is 2.84. The predicted octanol–water partition coefficient (Wildman–Crippen LogP) is 0.265. The van der Waals surface area contributed by atoms with Gasteiger partial charge in [-0.15, -0.1) is 6.42 Å². The first kappa shape index (κ1) is 14.2. The van der Waals surface area contributed by atoms with E-state index < -0.39 is 17.2 Å². The summed E-state index contributed by atoms with van der Waals surface area (Å²) in [6.45, 7) is -0.000429. The van der Waals surface area contributed by atoms with Crippen LogP contribution in [-0.2, 0) is 11.3 Å². The number of nitrogens with zero attached hydrogens (tertiary/aromatic N) is 2. The van der Waals surface area contributed by atoms with E-state index in [1.54, 1.807) is 16.8 Å². The lowest BCUT2D eigenvalue weighted by Gasteiger charge is -2.24. The first-order chi connectivity index (χ1) is 9.55. The number of nitrogens with one attached hydrogen (secondary N) is 1. The minimum absolute atomic E-state index is 0.228. The van der Waals surface area contributed by atoms with E-state index in [0.29, 0.717) is 18.4 Å². The van der Waals surface area contributed by atoms with Crippen molar-refractivity contribution in [3.05, 3.63) is 28.7 Å². The number of aliphatic hydroxyl groups is 1. The predicted molar refractivity (Wildman–Crippen MR) is 70.6 cm³/mol. The zero-order valence-corrected chi connectivity index (χ0v) is 10.9. The largest absolute Gasteiger partial charge is 0.392 e. The Balaban J connectivity index is 2.32. The van der Waals surface area contributed by atoms with Crippen LogP contribution in [0.2, 0.25) is 0 Å². The molecule has 7 heteroatoms. The Morgan fingerprint density at radius 2 is 2.45 bits per heavy atom. The van der Waals surface area contributed by atoms with Gasteiger partial charge in [-0.1, -0.05) is 5.92 Å². The molecular weight excluding hydrogens is 265 g/mol. The number of aromatic amines is 1. The Bertz CT molecular complexity index is 710. The van der Waals surface area contributed by atoms with Crippen LogP contribution < -0.4 is 5.56 Å². The summed E-state index contributed by atoms with van der Waals surface area (Å²) in [7, 11) is 1.41. The number of hydrogen-bond acceptors (Lipinski definition) is 4. The summed E-state index contributed by atoms with van der Waals surface area (Å²) in [6, 6.07) is 1.55. The summed E-state index contributed by atoms with van der Waals surface area (Å²) in [6.07, 6.45) is 6.32. The molecule has 0 aliphatic heterocycles. The van der Waals surface area contributed by atoms with Gasteiger partial charge in [-0.3, -0.25) is 9.78 Å². The van der Waals surface area contributed by atoms with Crippen LogP contribution in [0.1, 0.15) is 6.42 Å². The Kier molecular flexibility index (Phi) is 3.88. The van der Waals surface area contributed by atoms with Gasteiger partial charge in [0.15, 0.2) is 5.60 Å². The number of hydrogen-bond donors (Lipinski definition) is 2. The van der Waals surface area contributed by atoms with Crippen molar-refractivity contribution in [2.75, 3.05) is 13.7 Å². The minimum Gasteiger partial charge on any atom is -0.392 e. The summed E-state index contributed by atoms with van der Waals surface area (Å²) >= 11 is 0. The third kappa shape index (κ3) is 2.43. The van der Waals surface area contributed by atoms with Crippen molar-refractivity contribution in [2.24, 2.45) is 0 Å². The molecule has 0 amide bonds. The molecule has 0 bridgehead atoms. The van der Waals surface area contributed by atoms with Crippen molar-refractivity contribution in [1.29, 1.82) is 0 Å². The monoisotopic (exact) mass is 279 g/mol. The smallest absolute Gasteiger partial charge is 0.291 e. The summed E-state index contributed by atoms with van der Waals surface area (Å²) in [5, 5.41) is 9.59. The van der Waals surface area contributed by atoms with Crippen LogP contribution in [-0.4, -0.2) is 39.0 Å². The van der Waals surface area contributed by atoms with Gasteiger partial charge in [-0.05, 0) is 6.07 Å². The molecule has 0 radical (unpaired) electrons. The Hall–Kier alpha value is -2.17. The fraction of sp³-hybridized carbons (Fsp3) is 0.385. The SMILES string of the molecule is C#CC(CO)(CCn1ccc2c(=O)[nH]c(F)nc21)OC. The lowest BCUT2D eigenvalue weighted by molar-refractivity contribution is -0.0147. The van der Waals surface area contributed by atoms with Gasteiger partial charge in [-0.2, -0.15) is 9.37 Å². The number of aromatic nitrogens is 3.